The van der Waals surface area contributed by atoms with Gasteiger partial charge in [0.05, 0.1) is 17.1 Å². The molecule has 0 saturated carbocycles. The number of nitriles is 1. The van der Waals surface area contributed by atoms with Gasteiger partial charge in [-0.3, -0.25) is 0 Å². The van der Waals surface area contributed by atoms with Crippen LogP contribution in [0.25, 0.3) is 21.0 Å². The van der Waals surface area contributed by atoms with E-state index >= 15 is 0 Å². The number of hydrogen-bond acceptors (Lipinski definition) is 5. The largest absolute Gasteiger partial charge is 0.368 e. The first-order valence-electron chi connectivity index (χ1n) is 7.91. The van der Waals surface area contributed by atoms with Crippen molar-refractivity contribution in [3.63, 3.8) is 0 Å². The molecular weight excluding hydrogens is 304 g/mol. The van der Waals surface area contributed by atoms with Crippen LogP contribution in [0.1, 0.15) is 18.4 Å². The van der Waals surface area contributed by atoms with Gasteiger partial charge in [0.1, 0.15) is 5.82 Å². The van der Waals surface area contributed by atoms with E-state index < -0.39 is 0 Å². The van der Waals surface area contributed by atoms with Crippen LogP contribution in [0.5, 0.6) is 0 Å². The summed E-state index contributed by atoms with van der Waals surface area (Å²) < 4.78 is 1.24. The summed E-state index contributed by atoms with van der Waals surface area (Å²) in [5.74, 6) is 0.934. The summed E-state index contributed by atoms with van der Waals surface area (Å²) in [6.07, 6.45) is 2.51. The number of likely N-dealkylation sites (N-methyl/N-ethyl adjacent to an activating group) is 1. The van der Waals surface area contributed by atoms with Crippen molar-refractivity contribution in [2.45, 2.75) is 18.9 Å². The third-order valence-electron chi connectivity index (χ3n) is 4.70. The molecule has 0 aliphatic carbocycles. The number of likely N-dealkylation sites (tertiary alicyclic amines) is 1. The first-order chi connectivity index (χ1) is 11.3. The average Bonchev–Trinajstić information content (AvgIpc) is 3.21. The van der Waals surface area contributed by atoms with Gasteiger partial charge < -0.3 is 10.2 Å². The van der Waals surface area contributed by atoms with E-state index in [2.05, 4.69) is 34.8 Å². The van der Waals surface area contributed by atoms with Crippen LogP contribution in [0, 0.1) is 11.3 Å². The minimum Gasteiger partial charge on any atom is -0.368 e. The maximum absolute atomic E-state index is 9.12. The van der Waals surface area contributed by atoms with E-state index in [1.165, 1.54) is 29.5 Å². The van der Waals surface area contributed by atoms with Crippen molar-refractivity contribution in [1.82, 2.24) is 9.88 Å². The van der Waals surface area contributed by atoms with Crippen molar-refractivity contribution in [1.29, 1.82) is 5.26 Å². The molecule has 0 bridgehead atoms. The Morgan fingerprint density at radius 2 is 2.30 bits per heavy atom. The Bertz CT molecular complexity index is 908. The van der Waals surface area contributed by atoms with Crippen molar-refractivity contribution in [3.05, 3.63) is 35.2 Å². The van der Waals surface area contributed by atoms with Crippen molar-refractivity contribution in [2.24, 2.45) is 0 Å². The summed E-state index contributed by atoms with van der Waals surface area (Å²) in [5.41, 5.74) is 1.55. The standard InChI is InChI=1S/C18H18N4S/c1-22-7-2-3-13(22)11-20-18-15-6-8-23-17(15)14-5-4-12(10-19)9-16(14)21-18/h4-6,8-9,13H,2-3,7,11H2,1H3,(H,20,21). The zero-order chi connectivity index (χ0) is 15.8. The number of thiophene rings is 1. The number of aromatic nitrogens is 1. The molecule has 0 amide bonds. The summed E-state index contributed by atoms with van der Waals surface area (Å²) in [6, 6.07) is 10.7. The number of nitrogens with one attached hydrogen (secondary N) is 1. The summed E-state index contributed by atoms with van der Waals surface area (Å²) >= 11 is 1.73. The molecule has 1 unspecified atom stereocenters. The molecule has 1 atom stereocenters. The van der Waals surface area contributed by atoms with Gasteiger partial charge >= 0.3 is 0 Å². The fourth-order valence-electron chi connectivity index (χ4n) is 3.36. The van der Waals surface area contributed by atoms with E-state index in [1.54, 1.807) is 11.3 Å². The van der Waals surface area contributed by atoms with Gasteiger partial charge in [-0.2, -0.15) is 5.26 Å². The van der Waals surface area contributed by atoms with Gasteiger partial charge in [0.25, 0.3) is 0 Å². The molecule has 3 heterocycles. The predicted molar refractivity (Wildman–Crippen MR) is 96.0 cm³/mol. The van der Waals surface area contributed by atoms with Crippen LogP contribution in [0.2, 0.25) is 0 Å². The van der Waals surface area contributed by atoms with Crippen LogP contribution in [0.15, 0.2) is 29.6 Å². The predicted octanol–water partition coefficient (Wildman–Crippen LogP) is 3.83. The van der Waals surface area contributed by atoms with Gasteiger partial charge in [0.2, 0.25) is 0 Å². The van der Waals surface area contributed by atoms with Gasteiger partial charge in [-0.1, -0.05) is 6.07 Å². The Hall–Kier alpha value is -2.16. The van der Waals surface area contributed by atoms with Crippen LogP contribution in [-0.4, -0.2) is 36.1 Å². The monoisotopic (exact) mass is 322 g/mol. The number of hydrogen-bond donors (Lipinski definition) is 1. The van der Waals surface area contributed by atoms with Gasteiger partial charge in [-0.05, 0) is 50.0 Å². The van der Waals surface area contributed by atoms with E-state index in [9.17, 15) is 0 Å². The molecule has 1 saturated heterocycles. The first-order valence-corrected chi connectivity index (χ1v) is 8.79. The van der Waals surface area contributed by atoms with Crippen molar-refractivity contribution in [3.8, 4) is 6.07 Å². The van der Waals surface area contributed by atoms with E-state index in [1.807, 2.05) is 18.2 Å². The fourth-order valence-corrected chi connectivity index (χ4v) is 4.29. The van der Waals surface area contributed by atoms with Gasteiger partial charge in [-0.25, -0.2) is 4.98 Å². The van der Waals surface area contributed by atoms with E-state index in [-0.39, 0.29) is 0 Å². The lowest BCUT2D eigenvalue weighted by atomic mass is 10.1. The molecule has 4 rings (SSSR count). The Morgan fingerprint density at radius 3 is 3.09 bits per heavy atom. The average molecular weight is 322 g/mol. The second-order valence-electron chi connectivity index (χ2n) is 6.13. The fraction of sp³-hybridized carbons (Fsp3) is 0.333. The quantitative estimate of drug-likeness (QED) is 0.796. The second-order valence-corrected chi connectivity index (χ2v) is 7.04. The highest BCUT2D eigenvalue weighted by atomic mass is 32.1. The molecule has 5 heteroatoms. The number of pyridine rings is 1. The highest BCUT2D eigenvalue weighted by molar-refractivity contribution is 7.18. The number of nitrogens with zero attached hydrogens (tertiary/aromatic N) is 3. The number of fused-ring (bicyclic) bond motifs is 3. The Balaban J connectivity index is 1.74. The third kappa shape index (κ3) is 2.54. The van der Waals surface area contributed by atoms with Crippen molar-refractivity contribution >= 4 is 38.1 Å². The van der Waals surface area contributed by atoms with E-state index in [0.717, 1.165) is 23.3 Å². The summed E-state index contributed by atoms with van der Waals surface area (Å²) in [4.78, 5) is 7.21. The Morgan fingerprint density at radius 1 is 1.39 bits per heavy atom. The van der Waals surface area contributed by atoms with Crippen LogP contribution in [0.4, 0.5) is 5.82 Å². The smallest absolute Gasteiger partial charge is 0.135 e. The van der Waals surface area contributed by atoms with Gasteiger partial charge in [0, 0.05) is 28.1 Å². The molecule has 1 aromatic carbocycles. The minimum atomic E-state index is 0.576. The lowest BCUT2D eigenvalue weighted by molar-refractivity contribution is 0.322. The highest BCUT2D eigenvalue weighted by Gasteiger charge is 2.21. The third-order valence-corrected chi connectivity index (χ3v) is 5.65. The van der Waals surface area contributed by atoms with Crippen molar-refractivity contribution in [2.75, 3.05) is 25.5 Å². The van der Waals surface area contributed by atoms with Gasteiger partial charge in [-0.15, -0.1) is 11.3 Å². The van der Waals surface area contributed by atoms with Crippen molar-refractivity contribution < 1.29 is 0 Å². The first kappa shape index (κ1) is 14.4. The minimum absolute atomic E-state index is 0.576. The topological polar surface area (TPSA) is 52.0 Å². The van der Waals surface area contributed by atoms with Crippen LogP contribution >= 0.6 is 11.3 Å². The molecule has 0 spiro atoms. The SMILES string of the molecule is CN1CCCC1CNc1nc2cc(C#N)ccc2c2sccc12. The Labute approximate surface area is 139 Å². The molecule has 3 aromatic rings. The maximum Gasteiger partial charge on any atom is 0.135 e. The highest BCUT2D eigenvalue weighted by Crippen LogP contribution is 2.34. The molecule has 23 heavy (non-hydrogen) atoms. The van der Waals surface area contributed by atoms with Crippen LogP contribution in [0.3, 0.4) is 0 Å². The molecule has 1 fully saturated rings. The normalized spacial score (nSPS) is 18.5. The Kier molecular flexibility index (Phi) is 3.64. The molecule has 1 aliphatic heterocycles. The van der Waals surface area contributed by atoms with Gasteiger partial charge in [0.15, 0.2) is 0 Å². The van der Waals surface area contributed by atoms with E-state index in [0.29, 0.717) is 11.6 Å². The lowest BCUT2D eigenvalue weighted by Crippen LogP contribution is -2.31. The lowest BCUT2D eigenvalue weighted by Gasteiger charge is -2.20. The number of rotatable bonds is 3. The maximum atomic E-state index is 9.12. The molecule has 4 nitrogen and oxygen atoms in total. The van der Waals surface area contributed by atoms with E-state index in [4.69, 9.17) is 10.2 Å². The molecule has 0 radical (unpaired) electrons. The molecule has 2 aromatic heterocycles. The number of benzene rings is 1. The zero-order valence-electron chi connectivity index (χ0n) is 13.0. The molecule has 116 valence electrons. The molecule has 1 aliphatic rings. The summed E-state index contributed by atoms with van der Waals surface area (Å²) in [7, 11) is 2.19. The zero-order valence-corrected chi connectivity index (χ0v) is 13.9. The number of anilines is 1. The van der Waals surface area contributed by atoms with Crippen LogP contribution in [-0.2, 0) is 0 Å². The summed E-state index contributed by atoms with van der Waals surface area (Å²) in [5, 5.41) is 17.1. The van der Waals surface area contributed by atoms with Crippen LogP contribution < -0.4 is 5.32 Å². The molecular formula is C18H18N4S. The second kappa shape index (κ2) is 5.80. The summed E-state index contributed by atoms with van der Waals surface area (Å²) in [6.45, 7) is 2.09. The molecule has 1 N–H and O–H groups in total.